The van der Waals surface area contributed by atoms with Gasteiger partial charge in [0.25, 0.3) is 0 Å². The predicted molar refractivity (Wildman–Crippen MR) is 71.0 cm³/mol. The fraction of sp³-hybridized carbons (Fsp3) is 0.462. The Hall–Kier alpha value is -1.20. The number of ether oxygens (including phenoxy) is 1. The quantitative estimate of drug-likeness (QED) is 0.771. The van der Waals surface area contributed by atoms with Crippen LogP contribution in [-0.2, 0) is 4.79 Å². The Morgan fingerprint density at radius 2 is 2.22 bits per heavy atom. The molecule has 1 aromatic rings. The van der Waals surface area contributed by atoms with Gasteiger partial charge in [-0.2, -0.15) is 0 Å². The largest absolute Gasteiger partial charge is 0.496 e. The summed E-state index contributed by atoms with van der Waals surface area (Å²) in [6.45, 7) is 0. The number of hydrogen-bond donors (Lipinski definition) is 2. The molecule has 1 saturated carbocycles. The molecular weight excluding hydrogens is 250 g/mol. The molecule has 0 spiro atoms. The van der Waals surface area contributed by atoms with Gasteiger partial charge in [-0.3, -0.25) is 4.79 Å². The van der Waals surface area contributed by atoms with Crippen LogP contribution in [0.3, 0.4) is 0 Å². The van der Waals surface area contributed by atoms with E-state index in [1.807, 2.05) is 24.3 Å². The van der Waals surface area contributed by atoms with Crippen molar-refractivity contribution in [1.82, 2.24) is 0 Å². The van der Waals surface area contributed by atoms with Crippen molar-refractivity contribution in [3.8, 4) is 5.75 Å². The lowest BCUT2D eigenvalue weighted by Gasteiger charge is -2.24. The molecule has 98 valence electrons. The van der Waals surface area contributed by atoms with Gasteiger partial charge >= 0.3 is 5.97 Å². The Balaban J connectivity index is 2.08. The van der Waals surface area contributed by atoms with Gasteiger partial charge in [-0.1, -0.05) is 12.1 Å². The normalized spacial score (nSPS) is 18.1. The number of carboxylic acid groups (broad SMARTS) is 1. The van der Waals surface area contributed by atoms with Crippen LogP contribution in [0.2, 0.25) is 0 Å². The van der Waals surface area contributed by atoms with Gasteiger partial charge in [-0.25, -0.2) is 0 Å². The summed E-state index contributed by atoms with van der Waals surface area (Å²) < 4.78 is 5.24. The maximum Gasteiger partial charge on any atom is 0.324 e. The van der Waals surface area contributed by atoms with Crippen molar-refractivity contribution in [1.29, 1.82) is 0 Å². The average molecular weight is 267 g/mol. The Bertz CT molecular complexity index is 448. The van der Waals surface area contributed by atoms with E-state index in [2.05, 4.69) is 0 Å². The predicted octanol–water partition coefficient (Wildman–Crippen LogP) is 1.98. The third kappa shape index (κ3) is 2.62. The molecule has 18 heavy (non-hydrogen) atoms. The number of aliphatic carboxylic acids is 1. The summed E-state index contributed by atoms with van der Waals surface area (Å²) in [6, 6.07) is 7.56. The zero-order chi connectivity index (χ0) is 13.2. The molecule has 1 aromatic carbocycles. The van der Waals surface area contributed by atoms with Crippen LogP contribution in [0.4, 0.5) is 0 Å². The Morgan fingerprint density at radius 3 is 2.78 bits per heavy atom. The number of thioether (sulfide) groups is 1. The van der Waals surface area contributed by atoms with E-state index in [4.69, 9.17) is 10.5 Å². The molecule has 1 unspecified atom stereocenters. The minimum atomic E-state index is -1.12. The fourth-order valence-electron chi connectivity index (χ4n) is 1.89. The molecule has 0 aromatic heterocycles. The summed E-state index contributed by atoms with van der Waals surface area (Å²) in [6.07, 6.45) is 1.82. The summed E-state index contributed by atoms with van der Waals surface area (Å²) in [5.41, 5.74) is 4.90. The van der Waals surface area contributed by atoms with Crippen LogP contribution in [0.1, 0.15) is 12.8 Å². The first kappa shape index (κ1) is 13.2. The number of carbonyl (C=O) groups is 1. The molecule has 0 aliphatic heterocycles. The molecule has 1 aliphatic rings. The number of carboxylic acids is 1. The molecule has 0 saturated heterocycles. The van der Waals surface area contributed by atoms with Crippen molar-refractivity contribution < 1.29 is 14.6 Å². The summed E-state index contributed by atoms with van der Waals surface area (Å²) in [5, 5.41) is 9.28. The van der Waals surface area contributed by atoms with Crippen LogP contribution in [0.25, 0.3) is 0 Å². The molecule has 3 N–H and O–H groups in total. The maximum absolute atomic E-state index is 11.3. The lowest BCUT2D eigenvalue weighted by Crippen LogP contribution is -2.52. The zero-order valence-electron chi connectivity index (χ0n) is 10.3. The van der Waals surface area contributed by atoms with Crippen LogP contribution in [0, 0.1) is 5.92 Å². The Labute approximate surface area is 111 Å². The second-order valence-corrected chi connectivity index (χ2v) is 5.58. The van der Waals surface area contributed by atoms with E-state index >= 15 is 0 Å². The smallest absolute Gasteiger partial charge is 0.324 e. The third-order valence-electron chi connectivity index (χ3n) is 3.24. The summed E-state index contributed by atoms with van der Waals surface area (Å²) in [4.78, 5) is 12.2. The van der Waals surface area contributed by atoms with Crippen LogP contribution < -0.4 is 10.5 Å². The van der Waals surface area contributed by atoms with Gasteiger partial charge in [0.05, 0.1) is 7.11 Å². The van der Waals surface area contributed by atoms with Gasteiger partial charge < -0.3 is 15.6 Å². The number of rotatable bonds is 6. The number of nitrogens with two attached hydrogens (primary N) is 1. The van der Waals surface area contributed by atoms with Gasteiger partial charge in [-0.05, 0) is 30.9 Å². The number of para-hydroxylation sites is 1. The van der Waals surface area contributed by atoms with E-state index in [-0.39, 0.29) is 5.92 Å². The monoisotopic (exact) mass is 267 g/mol. The van der Waals surface area contributed by atoms with Crippen LogP contribution in [0.5, 0.6) is 5.75 Å². The number of benzene rings is 1. The summed E-state index contributed by atoms with van der Waals surface area (Å²) in [5.74, 6) is 0.323. The van der Waals surface area contributed by atoms with Crippen LogP contribution in [0.15, 0.2) is 29.2 Å². The molecule has 0 radical (unpaired) electrons. The average Bonchev–Trinajstić information content (AvgIpc) is 3.20. The maximum atomic E-state index is 11.3. The standard InChI is InChI=1S/C13H17NO3S/c1-17-10-4-2-3-5-11(10)18-8-13(14,12(15)16)9-6-7-9/h2-5,9H,6-8,14H2,1H3,(H,15,16). The van der Waals surface area contributed by atoms with Gasteiger partial charge in [0.2, 0.25) is 0 Å². The highest BCUT2D eigenvalue weighted by Crippen LogP contribution is 2.42. The van der Waals surface area contributed by atoms with Crippen molar-refractivity contribution in [3.05, 3.63) is 24.3 Å². The number of hydrogen-bond acceptors (Lipinski definition) is 4. The molecule has 0 bridgehead atoms. The highest BCUT2D eigenvalue weighted by molar-refractivity contribution is 7.99. The molecule has 0 heterocycles. The molecule has 1 aliphatic carbocycles. The topological polar surface area (TPSA) is 72.5 Å². The van der Waals surface area contributed by atoms with Crippen molar-refractivity contribution in [2.75, 3.05) is 12.9 Å². The lowest BCUT2D eigenvalue weighted by molar-refractivity contribution is -0.143. The van der Waals surface area contributed by atoms with E-state index < -0.39 is 11.5 Å². The van der Waals surface area contributed by atoms with Gasteiger partial charge in [0, 0.05) is 10.6 Å². The second kappa shape index (κ2) is 5.20. The van der Waals surface area contributed by atoms with Gasteiger partial charge in [0.1, 0.15) is 11.3 Å². The highest BCUT2D eigenvalue weighted by atomic mass is 32.2. The number of methoxy groups -OCH3 is 1. The minimum Gasteiger partial charge on any atom is -0.496 e. The second-order valence-electron chi connectivity index (χ2n) is 4.56. The first-order valence-corrected chi connectivity index (χ1v) is 6.84. The molecule has 0 amide bonds. The van der Waals surface area contributed by atoms with Crippen molar-refractivity contribution in [3.63, 3.8) is 0 Å². The van der Waals surface area contributed by atoms with Crippen LogP contribution >= 0.6 is 11.8 Å². The van der Waals surface area contributed by atoms with Gasteiger partial charge in [-0.15, -0.1) is 11.8 Å². The zero-order valence-corrected chi connectivity index (χ0v) is 11.1. The van der Waals surface area contributed by atoms with Crippen molar-refractivity contribution >= 4 is 17.7 Å². The van der Waals surface area contributed by atoms with E-state index in [9.17, 15) is 9.90 Å². The third-order valence-corrected chi connectivity index (χ3v) is 4.51. The Morgan fingerprint density at radius 1 is 1.56 bits per heavy atom. The fourth-order valence-corrected chi connectivity index (χ4v) is 3.11. The van der Waals surface area contributed by atoms with Crippen molar-refractivity contribution in [2.24, 2.45) is 11.7 Å². The van der Waals surface area contributed by atoms with Crippen LogP contribution in [-0.4, -0.2) is 29.5 Å². The molecular formula is C13H17NO3S. The molecule has 5 heteroatoms. The molecule has 1 atom stereocenters. The van der Waals surface area contributed by atoms with E-state index in [1.54, 1.807) is 7.11 Å². The first-order chi connectivity index (χ1) is 8.58. The SMILES string of the molecule is COc1ccccc1SCC(N)(C(=O)O)C1CC1. The minimum absolute atomic E-state index is 0.109. The summed E-state index contributed by atoms with van der Waals surface area (Å²) in [7, 11) is 1.60. The Kier molecular flexibility index (Phi) is 3.82. The highest BCUT2D eigenvalue weighted by Gasteiger charge is 2.48. The lowest BCUT2D eigenvalue weighted by atomic mass is 9.98. The van der Waals surface area contributed by atoms with E-state index in [0.717, 1.165) is 23.5 Å². The van der Waals surface area contributed by atoms with E-state index in [1.165, 1.54) is 11.8 Å². The van der Waals surface area contributed by atoms with Gasteiger partial charge in [0.15, 0.2) is 0 Å². The molecule has 2 rings (SSSR count). The molecule has 4 nitrogen and oxygen atoms in total. The molecule has 1 fully saturated rings. The summed E-state index contributed by atoms with van der Waals surface area (Å²) >= 11 is 1.44. The van der Waals surface area contributed by atoms with E-state index in [0.29, 0.717) is 5.75 Å². The first-order valence-electron chi connectivity index (χ1n) is 5.86. The van der Waals surface area contributed by atoms with Crippen molar-refractivity contribution in [2.45, 2.75) is 23.3 Å².